The van der Waals surface area contributed by atoms with E-state index in [1.807, 2.05) is 11.3 Å². The summed E-state index contributed by atoms with van der Waals surface area (Å²) in [5.74, 6) is 0.717. The topological polar surface area (TPSA) is 25.8 Å². The molecule has 0 amide bonds. The molecule has 2 aliphatic carbocycles. The lowest BCUT2D eigenvalue weighted by molar-refractivity contribution is 0.794. The van der Waals surface area contributed by atoms with Crippen LogP contribution in [0.5, 0.6) is 0 Å². The van der Waals surface area contributed by atoms with Gasteiger partial charge in [-0.05, 0) is 74.3 Å². The Kier molecular flexibility index (Phi) is 6.75. The Hall–Kier alpha value is -6.94. The van der Waals surface area contributed by atoms with Crippen LogP contribution in [0.1, 0.15) is 22.3 Å². The number of fused-ring (bicyclic) bond motifs is 13. The summed E-state index contributed by atoms with van der Waals surface area (Å²) >= 11 is 1.86. The van der Waals surface area contributed by atoms with Crippen molar-refractivity contribution in [1.29, 1.82) is 0 Å². The monoisotopic (exact) mass is 728 g/mol. The predicted molar refractivity (Wildman–Crippen MR) is 233 cm³/mol. The van der Waals surface area contributed by atoms with Gasteiger partial charge >= 0.3 is 0 Å². The minimum Gasteiger partial charge on any atom is -0.228 e. The smallest absolute Gasteiger partial charge is 0.161 e. The Morgan fingerprint density at radius 1 is 0.357 bits per heavy atom. The van der Waals surface area contributed by atoms with Crippen LogP contribution in [0.25, 0.3) is 87.5 Å². The molecule has 56 heavy (non-hydrogen) atoms. The number of nitrogens with zero attached hydrogens (tertiary/aromatic N) is 2. The molecule has 1 spiro atoms. The van der Waals surface area contributed by atoms with Gasteiger partial charge in [-0.3, -0.25) is 0 Å². The van der Waals surface area contributed by atoms with Crippen molar-refractivity contribution >= 4 is 31.5 Å². The number of benzene rings is 8. The zero-order valence-corrected chi connectivity index (χ0v) is 31.1. The highest BCUT2D eigenvalue weighted by Gasteiger charge is 2.51. The van der Waals surface area contributed by atoms with E-state index in [0.29, 0.717) is 0 Å². The van der Waals surface area contributed by atoms with Gasteiger partial charge in [0, 0.05) is 42.4 Å². The molecule has 2 aliphatic rings. The summed E-state index contributed by atoms with van der Waals surface area (Å²) in [5, 5.41) is 2.52. The van der Waals surface area contributed by atoms with Crippen molar-refractivity contribution in [2.45, 2.75) is 5.41 Å². The van der Waals surface area contributed by atoms with E-state index in [0.717, 1.165) is 33.9 Å². The lowest BCUT2D eigenvalue weighted by Gasteiger charge is -2.30. The van der Waals surface area contributed by atoms with Crippen LogP contribution in [0.2, 0.25) is 0 Å². The third-order valence-electron chi connectivity index (χ3n) is 11.9. The molecule has 3 heteroatoms. The molecule has 0 atom stereocenters. The molecule has 0 saturated heterocycles. The Labute approximate surface area is 329 Å². The molecule has 10 aromatic rings. The van der Waals surface area contributed by atoms with Crippen molar-refractivity contribution in [3.05, 3.63) is 216 Å². The van der Waals surface area contributed by atoms with Crippen LogP contribution in [-0.4, -0.2) is 9.97 Å². The summed E-state index contributed by atoms with van der Waals surface area (Å²) in [6, 6.07) is 70.6. The first-order valence-corrected chi connectivity index (χ1v) is 20.0. The second kappa shape index (κ2) is 12.0. The molecule has 0 radical (unpaired) electrons. The van der Waals surface area contributed by atoms with E-state index >= 15 is 0 Å². The van der Waals surface area contributed by atoms with Gasteiger partial charge in [-0.1, -0.05) is 170 Å². The number of hydrogen-bond acceptors (Lipinski definition) is 3. The Bertz CT molecular complexity index is 3080. The van der Waals surface area contributed by atoms with Gasteiger partial charge in [-0.15, -0.1) is 11.3 Å². The van der Waals surface area contributed by atoms with Crippen LogP contribution in [0.4, 0.5) is 0 Å². The van der Waals surface area contributed by atoms with E-state index in [9.17, 15) is 0 Å². The highest BCUT2D eigenvalue weighted by Crippen LogP contribution is 2.63. The molecule has 2 nitrogen and oxygen atoms in total. The molecular weight excluding hydrogens is 697 g/mol. The van der Waals surface area contributed by atoms with Crippen molar-refractivity contribution in [3.8, 4) is 67.3 Å². The van der Waals surface area contributed by atoms with Gasteiger partial charge < -0.3 is 0 Å². The van der Waals surface area contributed by atoms with Gasteiger partial charge in [0.05, 0.1) is 16.8 Å². The predicted octanol–water partition coefficient (Wildman–Crippen LogP) is 13.9. The largest absolute Gasteiger partial charge is 0.228 e. The lowest BCUT2D eigenvalue weighted by Crippen LogP contribution is -2.25. The highest BCUT2D eigenvalue weighted by molar-refractivity contribution is 7.26. The van der Waals surface area contributed by atoms with E-state index in [1.165, 1.54) is 75.8 Å². The van der Waals surface area contributed by atoms with Gasteiger partial charge in [0.15, 0.2) is 5.82 Å². The first-order chi connectivity index (χ1) is 27.8. The van der Waals surface area contributed by atoms with E-state index in [-0.39, 0.29) is 0 Å². The number of hydrogen-bond donors (Lipinski definition) is 0. The van der Waals surface area contributed by atoms with Crippen LogP contribution in [0.15, 0.2) is 194 Å². The summed E-state index contributed by atoms with van der Waals surface area (Å²) < 4.78 is 2.52. The van der Waals surface area contributed by atoms with E-state index in [1.54, 1.807) is 0 Å². The zero-order valence-electron chi connectivity index (χ0n) is 30.3. The Morgan fingerprint density at radius 2 is 0.857 bits per heavy atom. The third-order valence-corrected chi connectivity index (χ3v) is 13.1. The van der Waals surface area contributed by atoms with Crippen LogP contribution in [0, 0.1) is 0 Å². The van der Waals surface area contributed by atoms with Gasteiger partial charge in [-0.2, -0.15) is 0 Å². The Balaban J connectivity index is 1.18. The minimum absolute atomic E-state index is 0.437. The number of rotatable bonds is 4. The highest BCUT2D eigenvalue weighted by atomic mass is 32.1. The van der Waals surface area contributed by atoms with Crippen LogP contribution in [0.3, 0.4) is 0 Å². The molecule has 0 aliphatic heterocycles. The SMILES string of the molecule is c1ccc(-c2cc(-c3ccccc3)nc(-c3ccc4c(sc5ccccc54)c3-c3ccc4c(c3)C3(c5ccccc5-c5ccccc53)c3ccccc3-4)n2)cc1. The maximum absolute atomic E-state index is 5.38. The van der Waals surface area contributed by atoms with Gasteiger partial charge in [0.2, 0.25) is 0 Å². The first-order valence-electron chi connectivity index (χ1n) is 19.2. The van der Waals surface area contributed by atoms with E-state index in [2.05, 4.69) is 194 Å². The maximum atomic E-state index is 5.38. The molecule has 0 saturated carbocycles. The van der Waals surface area contributed by atoms with Crippen LogP contribution < -0.4 is 0 Å². The van der Waals surface area contributed by atoms with Gasteiger partial charge in [-0.25, -0.2) is 9.97 Å². The quantitative estimate of drug-likeness (QED) is 0.180. The van der Waals surface area contributed by atoms with Crippen molar-refractivity contribution in [1.82, 2.24) is 9.97 Å². The average Bonchev–Trinajstić information content (AvgIpc) is 3.90. The summed E-state index contributed by atoms with van der Waals surface area (Å²) in [5.41, 5.74) is 17.4. The van der Waals surface area contributed by atoms with Crippen molar-refractivity contribution in [2.24, 2.45) is 0 Å². The number of aromatic nitrogens is 2. The van der Waals surface area contributed by atoms with Crippen LogP contribution >= 0.6 is 11.3 Å². The molecule has 2 heterocycles. The fraction of sp³-hybridized carbons (Fsp3) is 0.0189. The van der Waals surface area contributed by atoms with Crippen LogP contribution in [-0.2, 0) is 5.41 Å². The average molecular weight is 729 g/mol. The second-order valence-corrected chi connectivity index (χ2v) is 15.9. The molecule has 0 unspecified atom stereocenters. The fourth-order valence-corrected chi connectivity index (χ4v) is 10.9. The molecule has 260 valence electrons. The third kappa shape index (κ3) is 4.38. The summed E-state index contributed by atoms with van der Waals surface area (Å²) in [6.07, 6.45) is 0. The minimum atomic E-state index is -0.437. The standard InChI is InChI=1S/C53H32N2S/c1-3-15-33(16-4-1)47-32-48(34-17-5-2-6-18-34)55-52(54-47)42-30-29-41-40-22-10-14-26-49(40)56-51(41)50(42)35-27-28-39-38-21-9-13-25-45(38)53(46(39)31-35)43-23-11-7-19-36(43)37-20-8-12-24-44(37)53/h1-32H. The molecule has 2 aromatic heterocycles. The maximum Gasteiger partial charge on any atom is 0.161 e. The normalized spacial score (nSPS) is 13.1. The van der Waals surface area contributed by atoms with E-state index in [4.69, 9.17) is 9.97 Å². The first kappa shape index (κ1) is 31.4. The molecule has 0 fully saturated rings. The van der Waals surface area contributed by atoms with Gasteiger partial charge in [0.25, 0.3) is 0 Å². The molecule has 0 N–H and O–H groups in total. The molecule has 12 rings (SSSR count). The van der Waals surface area contributed by atoms with Gasteiger partial charge in [0.1, 0.15) is 0 Å². The lowest BCUT2D eigenvalue weighted by atomic mass is 9.70. The molecule has 0 bridgehead atoms. The second-order valence-electron chi connectivity index (χ2n) is 14.8. The van der Waals surface area contributed by atoms with Crippen molar-refractivity contribution in [3.63, 3.8) is 0 Å². The zero-order chi connectivity index (χ0) is 36.8. The summed E-state index contributed by atoms with van der Waals surface area (Å²) in [4.78, 5) is 10.8. The van der Waals surface area contributed by atoms with E-state index < -0.39 is 5.41 Å². The summed E-state index contributed by atoms with van der Waals surface area (Å²) in [7, 11) is 0. The fourth-order valence-electron chi connectivity index (χ4n) is 9.59. The molecular formula is C53H32N2S. The van der Waals surface area contributed by atoms with Crippen molar-refractivity contribution < 1.29 is 0 Å². The Morgan fingerprint density at radius 3 is 1.46 bits per heavy atom. The summed E-state index contributed by atoms with van der Waals surface area (Å²) in [6.45, 7) is 0. The van der Waals surface area contributed by atoms with Crippen molar-refractivity contribution in [2.75, 3.05) is 0 Å². The number of thiophene rings is 1. The molecule has 8 aromatic carbocycles.